The minimum atomic E-state index is 0.106. The van der Waals surface area contributed by atoms with Crippen molar-refractivity contribution in [3.8, 4) is 6.07 Å². The smallest absolute Gasteiger partial charge is 0.226 e. The van der Waals surface area contributed by atoms with E-state index in [9.17, 15) is 0 Å². The Balaban J connectivity index is 0.000000218. The standard InChI is InChI=1S/C10H8ClN5O.C6H15N.C5H2Cl2N4.C5H7NO.C2H3N/c11-10-15-8(7-9(16-10)14-5-13-7)12-4-6-2-1-3-17-6;1-4-7(5-2)6-3;6-3-2-4(9-1-8-2)11-5(7)10-3;6-4-5-2-1-3-7-5;1-2-3/h1-3,5H,4H2,(H2,12,13,14,15,16);4-6H2,1-3H3;1H,(H,8,9,10,11);1-3H,4,6H2;1H3. The molecular weight excluding hydrogens is 643 g/mol. The van der Waals surface area contributed by atoms with Crippen molar-refractivity contribution in [2.75, 3.05) is 25.0 Å². The van der Waals surface area contributed by atoms with Gasteiger partial charge in [0.15, 0.2) is 22.3 Å². The van der Waals surface area contributed by atoms with Gasteiger partial charge in [-0.15, -0.1) is 0 Å². The maximum absolute atomic E-state index is 7.32. The van der Waals surface area contributed by atoms with Crippen LogP contribution in [0.2, 0.25) is 15.7 Å². The lowest BCUT2D eigenvalue weighted by molar-refractivity contribution is 0.321. The summed E-state index contributed by atoms with van der Waals surface area (Å²) in [4.78, 5) is 31.7. The molecule has 0 amide bonds. The van der Waals surface area contributed by atoms with Crippen LogP contribution in [0.15, 0.2) is 58.3 Å². The molecule has 0 radical (unpaired) electrons. The summed E-state index contributed by atoms with van der Waals surface area (Å²) in [7, 11) is 0. The van der Waals surface area contributed by atoms with Gasteiger partial charge in [0.1, 0.15) is 22.6 Å². The Morgan fingerprint density at radius 2 is 1.36 bits per heavy atom. The maximum Gasteiger partial charge on any atom is 0.226 e. The zero-order valence-electron chi connectivity index (χ0n) is 25.3. The van der Waals surface area contributed by atoms with Gasteiger partial charge in [0.2, 0.25) is 10.6 Å². The van der Waals surface area contributed by atoms with Crippen molar-refractivity contribution in [2.24, 2.45) is 5.73 Å². The molecule has 6 heterocycles. The van der Waals surface area contributed by atoms with Gasteiger partial charge in [0.25, 0.3) is 0 Å². The fourth-order valence-electron chi connectivity index (χ4n) is 3.39. The van der Waals surface area contributed by atoms with Gasteiger partial charge in [-0.1, -0.05) is 32.4 Å². The monoisotopic (exact) mass is 676 g/mol. The van der Waals surface area contributed by atoms with Crippen LogP contribution in [-0.2, 0) is 13.1 Å². The third-order valence-electron chi connectivity index (χ3n) is 5.61. The zero-order valence-corrected chi connectivity index (χ0v) is 27.5. The molecule has 0 saturated carbocycles. The quantitative estimate of drug-likeness (QED) is 0.106. The number of imidazole rings is 2. The number of nitrogens with two attached hydrogens (primary N) is 1. The predicted octanol–water partition coefficient (Wildman–Crippen LogP) is 6.49. The lowest BCUT2D eigenvalue weighted by Gasteiger charge is -2.13. The summed E-state index contributed by atoms with van der Waals surface area (Å²) in [6.45, 7) is 12.6. The Morgan fingerprint density at radius 1 is 0.844 bits per heavy atom. The highest BCUT2D eigenvalue weighted by Crippen LogP contribution is 2.19. The number of H-pyrrole nitrogens is 2. The van der Waals surface area contributed by atoms with E-state index >= 15 is 0 Å². The van der Waals surface area contributed by atoms with E-state index in [0.717, 1.165) is 17.0 Å². The highest BCUT2D eigenvalue weighted by Gasteiger charge is 2.09. The summed E-state index contributed by atoms with van der Waals surface area (Å²) in [5.74, 6) is 2.25. The van der Waals surface area contributed by atoms with Crippen molar-refractivity contribution in [1.82, 2.24) is 44.8 Å². The first-order chi connectivity index (χ1) is 21.8. The molecule has 0 unspecified atom stereocenters. The number of nitrogens with zero attached hydrogens (tertiary/aromatic N) is 8. The van der Waals surface area contributed by atoms with E-state index < -0.39 is 0 Å². The molecule has 0 aliphatic heterocycles. The molecule has 5 N–H and O–H groups in total. The molecule has 0 aliphatic carbocycles. The van der Waals surface area contributed by atoms with Gasteiger partial charge in [-0.2, -0.15) is 20.2 Å². The molecule has 240 valence electrons. The van der Waals surface area contributed by atoms with Crippen LogP contribution in [0.5, 0.6) is 0 Å². The molecule has 0 saturated heterocycles. The van der Waals surface area contributed by atoms with Gasteiger partial charge < -0.3 is 34.8 Å². The van der Waals surface area contributed by atoms with Crippen molar-refractivity contribution in [3.05, 3.63) is 76.7 Å². The summed E-state index contributed by atoms with van der Waals surface area (Å²) in [6.07, 6.45) is 6.27. The molecule has 6 aromatic rings. The van der Waals surface area contributed by atoms with E-state index in [4.69, 9.17) is 54.6 Å². The highest BCUT2D eigenvalue weighted by atomic mass is 35.5. The lowest BCUT2D eigenvalue weighted by atomic mass is 10.4. The summed E-state index contributed by atoms with van der Waals surface area (Å²) in [5.41, 5.74) is 7.55. The van der Waals surface area contributed by atoms with E-state index in [1.54, 1.807) is 24.9 Å². The molecule has 0 fully saturated rings. The average molecular weight is 678 g/mol. The Morgan fingerprint density at radius 3 is 1.82 bits per heavy atom. The molecule has 0 aromatic carbocycles. The highest BCUT2D eigenvalue weighted by molar-refractivity contribution is 6.35. The number of nitriles is 1. The number of nitrogens with one attached hydrogen (secondary N) is 3. The molecule has 45 heavy (non-hydrogen) atoms. The van der Waals surface area contributed by atoms with Crippen molar-refractivity contribution < 1.29 is 8.83 Å². The number of hydrogen-bond acceptors (Lipinski definition) is 12. The fourth-order valence-corrected chi connectivity index (χ4v) is 3.98. The van der Waals surface area contributed by atoms with Gasteiger partial charge in [0, 0.05) is 6.92 Å². The third-order valence-corrected chi connectivity index (χ3v) is 6.22. The molecule has 0 spiro atoms. The molecule has 6 rings (SSSR count). The van der Waals surface area contributed by atoms with Crippen LogP contribution in [0.3, 0.4) is 0 Å². The number of aromatic nitrogens is 8. The number of anilines is 1. The van der Waals surface area contributed by atoms with Crippen LogP contribution in [-0.4, -0.2) is 64.4 Å². The normalized spacial score (nSPS) is 9.96. The van der Waals surface area contributed by atoms with Gasteiger partial charge >= 0.3 is 0 Å². The van der Waals surface area contributed by atoms with Crippen molar-refractivity contribution in [1.29, 1.82) is 5.26 Å². The van der Waals surface area contributed by atoms with Crippen LogP contribution >= 0.6 is 34.8 Å². The van der Waals surface area contributed by atoms with Gasteiger partial charge in [-0.05, 0) is 67.1 Å². The van der Waals surface area contributed by atoms with Crippen LogP contribution in [0.25, 0.3) is 22.3 Å². The molecule has 17 heteroatoms. The minimum Gasteiger partial charge on any atom is -0.468 e. The summed E-state index contributed by atoms with van der Waals surface area (Å²) in [5, 5.41) is 11.0. The fraction of sp³-hybridized carbons (Fsp3) is 0.321. The van der Waals surface area contributed by atoms with Gasteiger partial charge in [0.05, 0.1) is 44.3 Å². The first kappa shape index (κ1) is 36.9. The van der Waals surface area contributed by atoms with Gasteiger partial charge in [-0.25, -0.2) is 15.0 Å². The molecule has 14 nitrogen and oxygen atoms in total. The van der Waals surface area contributed by atoms with E-state index in [-0.39, 0.29) is 15.7 Å². The zero-order chi connectivity index (χ0) is 33.0. The van der Waals surface area contributed by atoms with Crippen molar-refractivity contribution in [3.63, 3.8) is 0 Å². The lowest BCUT2D eigenvalue weighted by Crippen LogP contribution is -2.21. The van der Waals surface area contributed by atoms with Crippen molar-refractivity contribution in [2.45, 2.75) is 40.8 Å². The second-order valence-electron chi connectivity index (χ2n) is 8.39. The minimum absolute atomic E-state index is 0.106. The molecular formula is C28H35Cl3N12O2. The number of furan rings is 2. The SMILES string of the molecule is CC#N.CCN(CC)CC.Clc1nc(Cl)c2[nH]cnc2n1.Clc1nc(NCc2ccco2)c2[nH]cnc2n1.NCc1ccco1. The topological polar surface area (TPSA) is 200 Å². The van der Waals surface area contributed by atoms with Crippen LogP contribution in [0.4, 0.5) is 5.82 Å². The number of halogens is 3. The van der Waals surface area contributed by atoms with Crippen LogP contribution in [0.1, 0.15) is 39.2 Å². The van der Waals surface area contributed by atoms with E-state index in [1.807, 2.05) is 24.3 Å². The second-order valence-corrected chi connectivity index (χ2v) is 9.42. The molecule has 6 aromatic heterocycles. The molecule has 0 aliphatic rings. The molecule has 0 bridgehead atoms. The van der Waals surface area contributed by atoms with Crippen molar-refractivity contribution >= 4 is 62.9 Å². The largest absolute Gasteiger partial charge is 0.468 e. The maximum atomic E-state index is 7.32. The summed E-state index contributed by atoms with van der Waals surface area (Å²) < 4.78 is 10.1. The van der Waals surface area contributed by atoms with E-state index in [2.05, 4.69) is 70.9 Å². The Labute approximate surface area is 275 Å². The van der Waals surface area contributed by atoms with Crippen LogP contribution < -0.4 is 11.1 Å². The first-order valence-corrected chi connectivity index (χ1v) is 14.8. The van der Waals surface area contributed by atoms with E-state index in [1.165, 1.54) is 32.9 Å². The summed E-state index contributed by atoms with van der Waals surface area (Å²) in [6, 6.07) is 9.12. The number of fused-ring (bicyclic) bond motifs is 2. The second kappa shape index (κ2) is 20.7. The predicted molar refractivity (Wildman–Crippen MR) is 176 cm³/mol. The van der Waals surface area contributed by atoms with Gasteiger partial charge in [-0.3, -0.25) is 0 Å². The average Bonchev–Trinajstić information content (AvgIpc) is 3.86. The first-order valence-electron chi connectivity index (χ1n) is 13.7. The molecule has 0 atom stereocenters. The van der Waals surface area contributed by atoms with E-state index in [0.29, 0.717) is 35.7 Å². The van der Waals surface area contributed by atoms with Crippen LogP contribution in [0, 0.1) is 11.3 Å². The Hall–Kier alpha value is -4.26. The Kier molecular flexibility index (Phi) is 16.9. The summed E-state index contributed by atoms with van der Waals surface area (Å²) >= 11 is 17.0. The number of aromatic amines is 2. The Bertz CT molecular complexity index is 1670. The third kappa shape index (κ3) is 12.7. The number of rotatable bonds is 7. The number of hydrogen-bond donors (Lipinski definition) is 4.